The van der Waals surface area contributed by atoms with E-state index in [1.807, 2.05) is 36.2 Å². The minimum atomic E-state index is 0.298. The van der Waals surface area contributed by atoms with E-state index in [4.69, 9.17) is 9.47 Å². The van der Waals surface area contributed by atoms with Crippen LogP contribution in [-0.4, -0.2) is 29.8 Å². The maximum atomic E-state index is 5.45. The third-order valence-electron chi connectivity index (χ3n) is 3.40. The second-order valence-electron chi connectivity index (χ2n) is 4.91. The molecule has 0 bridgehead atoms. The van der Waals surface area contributed by atoms with E-state index in [2.05, 4.69) is 23.5 Å². The molecule has 0 radical (unpaired) electrons. The van der Waals surface area contributed by atoms with Gasteiger partial charge in [0.25, 0.3) is 0 Å². The molecule has 4 nitrogen and oxygen atoms in total. The molecule has 0 spiro atoms. The highest BCUT2D eigenvalue weighted by atomic mass is 32.2. The van der Waals surface area contributed by atoms with Crippen LogP contribution in [0.4, 0.5) is 5.82 Å². The number of benzene rings is 1. The van der Waals surface area contributed by atoms with Gasteiger partial charge in [-0.05, 0) is 48.9 Å². The van der Waals surface area contributed by atoms with Crippen molar-refractivity contribution >= 4 is 28.4 Å². The Morgan fingerprint density at radius 2 is 2.15 bits per heavy atom. The standard InChI is InChI=1S/C15H18N2O2S/c1-10(4-6-20-2)17-15-12-8-14-13(18-9-19-14)7-11(12)3-5-16-15/h3,5,7-8,10H,4,6,9H2,1-2H3,(H,16,17). The van der Waals surface area contributed by atoms with Crippen LogP contribution >= 0.6 is 11.8 Å². The lowest BCUT2D eigenvalue weighted by Gasteiger charge is -2.15. The molecule has 1 unspecified atom stereocenters. The van der Waals surface area contributed by atoms with Crippen LogP contribution < -0.4 is 14.8 Å². The summed E-state index contributed by atoms with van der Waals surface area (Å²) in [5.74, 6) is 3.66. The molecule has 20 heavy (non-hydrogen) atoms. The van der Waals surface area contributed by atoms with Gasteiger partial charge in [0.1, 0.15) is 5.82 Å². The van der Waals surface area contributed by atoms with E-state index < -0.39 is 0 Å². The van der Waals surface area contributed by atoms with E-state index in [0.29, 0.717) is 12.8 Å². The average Bonchev–Trinajstić information content (AvgIpc) is 2.90. The third-order valence-corrected chi connectivity index (χ3v) is 4.04. The molecule has 1 aromatic carbocycles. The normalized spacial score (nSPS) is 14.5. The molecule has 1 aromatic heterocycles. The monoisotopic (exact) mass is 290 g/mol. The largest absolute Gasteiger partial charge is 0.454 e. The number of hydrogen-bond acceptors (Lipinski definition) is 5. The van der Waals surface area contributed by atoms with Crippen molar-refractivity contribution in [2.45, 2.75) is 19.4 Å². The van der Waals surface area contributed by atoms with Gasteiger partial charge >= 0.3 is 0 Å². The fraction of sp³-hybridized carbons (Fsp3) is 0.400. The van der Waals surface area contributed by atoms with Crippen molar-refractivity contribution in [2.24, 2.45) is 0 Å². The van der Waals surface area contributed by atoms with E-state index in [9.17, 15) is 0 Å². The van der Waals surface area contributed by atoms with Crippen LogP contribution in [0.1, 0.15) is 13.3 Å². The van der Waals surface area contributed by atoms with Gasteiger partial charge in [-0.3, -0.25) is 0 Å². The predicted molar refractivity (Wildman–Crippen MR) is 83.9 cm³/mol. The lowest BCUT2D eigenvalue weighted by Crippen LogP contribution is -2.16. The maximum Gasteiger partial charge on any atom is 0.231 e. The van der Waals surface area contributed by atoms with Gasteiger partial charge in [0, 0.05) is 17.6 Å². The van der Waals surface area contributed by atoms with E-state index in [0.717, 1.165) is 40.3 Å². The van der Waals surface area contributed by atoms with Gasteiger partial charge in [-0.2, -0.15) is 11.8 Å². The number of aromatic nitrogens is 1. The first kappa shape index (κ1) is 13.4. The Bertz CT molecular complexity index is 618. The molecule has 106 valence electrons. The predicted octanol–water partition coefficient (Wildman–Crippen LogP) is 3.52. The van der Waals surface area contributed by atoms with E-state index in [1.165, 1.54) is 0 Å². The smallest absolute Gasteiger partial charge is 0.231 e. The fourth-order valence-electron chi connectivity index (χ4n) is 2.28. The van der Waals surface area contributed by atoms with Crippen LogP contribution in [0.5, 0.6) is 11.5 Å². The van der Waals surface area contributed by atoms with Crippen molar-refractivity contribution in [3.63, 3.8) is 0 Å². The van der Waals surface area contributed by atoms with Crippen LogP contribution in [0, 0.1) is 0 Å². The first-order chi connectivity index (χ1) is 9.78. The summed E-state index contributed by atoms with van der Waals surface area (Å²) in [6.45, 7) is 2.48. The van der Waals surface area contributed by atoms with Crippen molar-refractivity contribution in [1.29, 1.82) is 0 Å². The highest BCUT2D eigenvalue weighted by Crippen LogP contribution is 2.37. The Hall–Kier alpha value is -1.62. The summed E-state index contributed by atoms with van der Waals surface area (Å²) < 4.78 is 10.9. The Morgan fingerprint density at radius 3 is 2.95 bits per heavy atom. The molecule has 2 heterocycles. The number of pyridine rings is 1. The molecule has 0 amide bonds. The van der Waals surface area contributed by atoms with Crippen molar-refractivity contribution < 1.29 is 9.47 Å². The zero-order valence-corrected chi connectivity index (χ0v) is 12.5. The zero-order valence-electron chi connectivity index (χ0n) is 11.7. The number of anilines is 1. The molecule has 0 aliphatic carbocycles. The van der Waals surface area contributed by atoms with Crippen molar-refractivity contribution in [3.05, 3.63) is 24.4 Å². The van der Waals surface area contributed by atoms with Gasteiger partial charge in [-0.1, -0.05) is 0 Å². The highest BCUT2D eigenvalue weighted by molar-refractivity contribution is 7.98. The SMILES string of the molecule is CSCCC(C)Nc1nccc2cc3c(cc12)OCO3. The second kappa shape index (κ2) is 5.79. The number of rotatable bonds is 5. The summed E-state index contributed by atoms with van der Waals surface area (Å²) in [5.41, 5.74) is 0. The van der Waals surface area contributed by atoms with Gasteiger partial charge in [0.05, 0.1) is 0 Å². The molecule has 0 fully saturated rings. The Labute approximate surface area is 122 Å². The van der Waals surface area contributed by atoms with Gasteiger partial charge < -0.3 is 14.8 Å². The van der Waals surface area contributed by atoms with Gasteiger partial charge in [0.15, 0.2) is 11.5 Å². The van der Waals surface area contributed by atoms with Crippen LogP contribution in [0.3, 0.4) is 0 Å². The lowest BCUT2D eigenvalue weighted by molar-refractivity contribution is 0.174. The zero-order chi connectivity index (χ0) is 13.9. The molecule has 1 atom stereocenters. The molecule has 0 saturated heterocycles. The summed E-state index contributed by atoms with van der Waals surface area (Å²) in [4.78, 5) is 4.47. The topological polar surface area (TPSA) is 43.4 Å². The first-order valence-electron chi connectivity index (χ1n) is 6.72. The van der Waals surface area contributed by atoms with Gasteiger partial charge in [-0.15, -0.1) is 0 Å². The summed E-state index contributed by atoms with van der Waals surface area (Å²) in [5, 5.41) is 5.68. The fourth-order valence-corrected chi connectivity index (χ4v) is 2.87. The Morgan fingerprint density at radius 1 is 1.35 bits per heavy atom. The number of ether oxygens (including phenoxy) is 2. The molecule has 5 heteroatoms. The minimum absolute atomic E-state index is 0.298. The van der Waals surface area contributed by atoms with Crippen molar-refractivity contribution in [1.82, 2.24) is 4.98 Å². The quantitative estimate of drug-likeness (QED) is 0.912. The molecule has 1 aliphatic heterocycles. The summed E-state index contributed by atoms with van der Waals surface area (Å²) in [7, 11) is 0. The maximum absolute atomic E-state index is 5.45. The van der Waals surface area contributed by atoms with E-state index in [1.54, 1.807) is 0 Å². The van der Waals surface area contributed by atoms with Crippen LogP contribution in [0.2, 0.25) is 0 Å². The number of hydrogen-bond donors (Lipinski definition) is 1. The van der Waals surface area contributed by atoms with E-state index >= 15 is 0 Å². The van der Waals surface area contributed by atoms with Crippen LogP contribution in [0.15, 0.2) is 24.4 Å². The van der Waals surface area contributed by atoms with Gasteiger partial charge in [0.2, 0.25) is 6.79 Å². The van der Waals surface area contributed by atoms with Crippen LogP contribution in [0.25, 0.3) is 10.8 Å². The number of fused-ring (bicyclic) bond motifs is 2. The molecular formula is C15H18N2O2S. The molecule has 2 aromatic rings. The molecular weight excluding hydrogens is 272 g/mol. The Balaban J connectivity index is 1.91. The van der Waals surface area contributed by atoms with Crippen molar-refractivity contribution in [3.8, 4) is 11.5 Å². The van der Waals surface area contributed by atoms with Crippen molar-refractivity contribution in [2.75, 3.05) is 24.1 Å². The van der Waals surface area contributed by atoms with Gasteiger partial charge in [-0.25, -0.2) is 4.98 Å². The molecule has 1 N–H and O–H groups in total. The lowest BCUT2D eigenvalue weighted by atomic mass is 10.1. The van der Waals surface area contributed by atoms with Crippen LogP contribution in [-0.2, 0) is 0 Å². The summed E-state index contributed by atoms with van der Waals surface area (Å²) in [6.07, 6.45) is 5.07. The molecule has 1 aliphatic rings. The third kappa shape index (κ3) is 2.63. The second-order valence-corrected chi connectivity index (χ2v) is 5.90. The highest BCUT2D eigenvalue weighted by Gasteiger charge is 2.16. The molecule has 0 saturated carbocycles. The summed E-state index contributed by atoms with van der Waals surface area (Å²) in [6, 6.07) is 6.41. The summed E-state index contributed by atoms with van der Waals surface area (Å²) >= 11 is 1.86. The Kier molecular flexibility index (Phi) is 3.87. The first-order valence-corrected chi connectivity index (χ1v) is 8.11. The van der Waals surface area contributed by atoms with E-state index in [-0.39, 0.29) is 0 Å². The number of nitrogens with zero attached hydrogens (tertiary/aromatic N) is 1. The average molecular weight is 290 g/mol. The molecule has 3 rings (SSSR count). The number of thioether (sulfide) groups is 1. The number of nitrogens with one attached hydrogen (secondary N) is 1. The minimum Gasteiger partial charge on any atom is -0.454 e.